The molecule has 1 atom stereocenters. The van der Waals surface area contributed by atoms with Gasteiger partial charge in [0, 0.05) is 24.6 Å². The van der Waals surface area contributed by atoms with Crippen molar-refractivity contribution < 1.29 is 9.32 Å². The first-order chi connectivity index (χ1) is 13.5. The van der Waals surface area contributed by atoms with E-state index in [9.17, 15) is 4.79 Å². The Kier molecular flexibility index (Phi) is 4.93. The maximum absolute atomic E-state index is 13.0. The third-order valence-corrected chi connectivity index (χ3v) is 5.16. The van der Waals surface area contributed by atoms with Crippen LogP contribution in [0.1, 0.15) is 48.3 Å². The SMILES string of the molecule is Cc1cc(-c2c(C)noc2C)nc([C@H]2CCCCN2C(=O)Cn2ccnc2)n1. The number of amides is 1. The van der Waals surface area contributed by atoms with Gasteiger partial charge in [-0.05, 0) is 46.1 Å². The normalized spacial score (nSPS) is 17.1. The summed E-state index contributed by atoms with van der Waals surface area (Å²) in [5.41, 5.74) is 3.37. The molecule has 28 heavy (non-hydrogen) atoms. The van der Waals surface area contributed by atoms with Crippen LogP contribution >= 0.6 is 0 Å². The molecular weight excluding hydrogens is 356 g/mol. The van der Waals surface area contributed by atoms with E-state index in [0.717, 1.165) is 54.2 Å². The number of aromatic nitrogens is 5. The Labute approximate surface area is 163 Å². The lowest BCUT2D eigenvalue weighted by Crippen LogP contribution is -2.41. The zero-order valence-electron chi connectivity index (χ0n) is 16.4. The minimum atomic E-state index is -0.121. The molecule has 0 aromatic carbocycles. The quantitative estimate of drug-likeness (QED) is 0.691. The average molecular weight is 380 g/mol. The first-order valence-corrected chi connectivity index (χ1v) is 9.57. The lowest BCUT2D eigenvalue weighted by molar-refractivity contribution is -0.136. The van der Waals surface area contributed by atoms with Crippen LogP contribution in [0.25, 0.3) is 11.3 Å². The molecule has 0 N–H and O–H groups in total. The molecule has 0 unspecified atom stereocenters. The van der Waals surface area contributed by atoms with Crippen molar-refractivity contribution in [1.29, 1.82) is 0 Å². The molecule has 0 spiro atoms. The van der Waals surface area contributed by atoms with Gasteiger partial charge in [-0.15, -0.1) is 0 Å². The minimum Gasteiger partial charge on any atom is -0.361 e. The van der Waals surface area contributed by atoms with Crippen LogP contribution in [-0.2, 0) is 11.3 Å². The van der Waals surface area contributed by atoms with E-state index in [-0.39, 0.29) is 18.5 Å². The van der Waals surface area contributed by atoms with Gasteiger partial charge in [0.1, 0.15) is 12.3 Å². The molecule has 0 bridgehead atoms. The van der Waals surface area contributed by atoms with E-state index in [1.807, 2.05) is 31.7 Å². The molecule has 1 fully saturated rings. The number of hydrogen-bond acceptors (Lipinski definition) is 6. The van der Waals surface area contributed by atoms with Crippen molar-refractivity contribution in [1.82, 2.24) is 29.6 Å². The smallest absolute Gasteiger partial charge is 0.243 e. The molecule has 4 rings (SSSR count). The summed E-state index contributed by atoms with van der Waals surface area (Å²) in [5, 5.41) is 4.04. The van der Waals surface area contributed by atoms with Crippen LogP contribution in [0, 0.1) is 20.8 Å². The first-order valence-electron chi connectivity index (χ1n) is 9.57. The van der Waals surface area contributed by atoms with Gasteiger partial charge in [-0.3, -0.25) is 4.79 Å². The Hall–Kier alpha value is -3.03. The van der Waals surface area contributed by atoms with E-state index in [2.05, 4.69) is 15.1 Å². The maximum Gasteiger partial charge on any atom is 0.243 e. The van der Waals surface area contributed by atoms with Gasteiger partial charge in [0.2, 0.25) is 5.91 Å². The number of imidazole rings is 1. The summed E-state index contributed by atoms with van der Waals surface area (Å²) >= 11 is 0. The van der Waals surface area contributed by atoms with Crippen molar-refractivity contribution in [3.63, 3.8) is 0 Å². The molecule has 1 aliphatic heterocycles. The number of carbonyl (C=O) groups excluding carboxylic acids is 1. The van der Waals surface area contributed by atoms with E-state index < -0.39 is 0 Å². The first kappa shape index (κ1) is 18.3. The molecule has 1 aliphatic rings. The molecule has 8 heteroatoms. The van der Waals surface area contributed by atoms with Crippen LogP contribution < -0.4 is 0 Å². The number of likely N-dealkylation sites (tertiary alicyclic amines) is 1. The van der Waals surface area contributed by atoms with E-state index in [1.54, 1.807) is 23.3 Å². The summed E-state index contributed by atoms with van der Waals surface area (Å²) in [4.78, 5) is 28.4. The number of piperidine rings is 1. The van der Waals surface area contributed by atoms with Gasteiger partial charge >= 0.3 is 0 Å². The predicted octanol–water partition coefficient (Wildman–Crippen LogP) is 3.01. The second kappa shape index (κ2) is 7.53. The van der Waals surface area contributed by atoms with Crippen LogP contribution in [0.5, 0.6) is 0 Å². The van der Waals surface area contributed by atoms with Gasteiger partial charge in [-0.25, -0.2) is 15.0 Å². The van der Waals surface area contributed by atoms with Gasteiger partial charge in [0.15, 0.2) is 5.82 Å². The zero-order valence-corrected chi connectivity index (χ0v) is 16.4. The summed E-state index contributed by atoms with van der Waals surface area (Å²) in [7, 11) is 0. The molecule has 146 valence electrons. The Balaban J connectivity index is 1.67. The third kappa shape index (κ3) is 3.54. The van der Waals surface area contributed by atoms with Crippen molar-refractivity contribution in [2.24, 2.45) is 0 Å². The lowest BCUT2D eigenvalue weighted by atomic mass is 10.0. The van der Waals surface area contributed by atoms with Crippen LogP contribution in [0.3, 0.4) is 0 Å². The summed E-state index contributed by atoms with van der Waals surface area (Å²) in [6.45, 7) is 6.74. The van der Waals surface area contributed by atoms with Crippen LogP contribution in [0.15, 0.2) is 29.3 Å². The number of aryl methyl sites for hydroxylation is 3. The van der Waals surface area contributed by atoms with Gasteiger partial charge in [-0.2, -0.15) is 0 Å². The molecule has 1 amide bonds. The molecule has 1 saturated heterocycles. The van der Waals surface area contributed by atoms with Crippen LogP contribution in [0.2, 0.25) is 0 Å². The number of rotatable bonds is 4. The largest absolute Gasteiger partial charge is 0.361 e. The molecule has 4 heterocycles. The maximum atomic E-state index is 13.0. The fraction of sp³-hybridized carbons (Fsp3) is 0.450. The van der Waals surface area contributed by atoms with Crippen molar-refractivity contribution in [3.05, 3.63) is 47.8 Å². The third-order valence-electron chi connectivity index (χ3n) is 5.16. The predicted molar refractivity (Wildman–Crippen MR) is 102 cm³/mol. The average Bonchev–Trinajstić information content (AvgIpc) is 3.30. The number of carbonyl (C=O) groups is 1. The highest BCUT2D eigenvalue weighted by Crippen LogP contribution is 2.32. The van der Waals surface area contributed by atoms with Gasteiger partial charge < -0.3 is 14.0 Å². The highest BCUT2D eigenvalue weighted by Gasteiger charge is 2.30. The van der Waals surface area contributed by atoms with Crippen LogP contribution in [0.4, 0.5) is 0 Å². The zero-order chi connectivity index (χ0) is 19.7. The lowest BCUT2D eigenvalue weighted by Gasteiger charge is -2.35. The Morgan fingerprint density at radius 1 is 1.25 bits per heavy atom. The fourth-order valence-corrected chi connectivity index (χ4v) is 3.84. The monoisotopic (exact) mass is 380 g/mol. The Morgan fingerprint density at radius 2 is 2.11 bits per heavy atom. The van der Waals surface area contributed by atoms with Crippen molar-refractivity contribution in [2.45, 2.75) is 52.6 Å². The summed E-state index contributed by atoms with van der Waals surface area (Å²) < 4.78 is 7.10. The number of nitrogens with zero attached hydrogens (tertiary/aromatic N) is 6. The second-order valence-electron chi connectivity index (χ2n) is 7.29. The van der Waals surface area contributed by atoms with E-state index >= 15 is 0 Å². The standard InChI is InChI=1S/C20H24N6O2/c1-13-10-16(19-14(2)24-28-15(19)3)23-20(22-13)17-6-4-5-8-26(17)18(27)11-25-9-7-21-12-25/h7,9-10,12,17H,4-6,8,11H2,1-3H3/t17-/m1/s1. The highest BCUT2D eigenvalue weighted by atomic mass is 16.5. The van der Waals surface area contributed by atoms with Crippen LogP contribution in [-0.4, -0.2) is 42.0 Å². The summed E-state index contributed by atoms with van der Waals surface area (Å²) in [6, 6.07) is 1.82. The van der Waals surface area contributed by atoms with E-state index in [0.29, 0.717) is 5.82 Å². The molecule has 0 aliphatic carbocycles. The molecule has 3 aromatic rings. The minimum absolute atomic E-state index is 0.0618. The van der Waals surface area contributed by atoms with Crippen molar-refractivity contribution in [3.8, 4) is 11.3 Å². The van der Waals surface area contributed by atoms with Gasteiger partial charge in [0.05, 0.1) is 29.3 Å². The highest BCUT2D eigenvalue weighted by molar-refractivity contribution is 5.76. The molecule has 0 radical (unpaired) electrons. The van der Waals surface area contributed by atoms with Gasteiger partial charge in [-0.1, -0.05) is 5.16 Å². The summed E-state index contributed by atoms with van der Waals surface area (Å²) in [5.74, 6) is 1.48. The number of hydrogen-bond donors (Lipinski definition) is 0. The van der Waals surface area contributed by atoms with E-state index in [1.165, 1.54) is 0 Å². The van der Waals surface area contributed by atoms with E-state index in [4.69, 9.17) is 9.51 Å². The fourth-order valence-electron chi connectivity index (χ4n) is 3.84. The molecular formula is C20H24N6O2. The summed E-state index contributed by atoms with van der Waals surface area (Å²) in [6.07, 6.45) is 8.05. The second-order valence-corrected chi connectivity index (χ2v) is 7.29. The topological polar surface area (TPSA) is 89.9 Å². The van der Waals surface area contributed by atoms with Crippen molar-refractivity contribution in [2.75, 3.05) is 6.54 Å². The molecule has 3 aromatic heterocycles. The molecule has 8 nitrogen and oxygen atoms in total. The van der Waals surface area contributed by atoms with Gasteiger partial charge in [0.25, 0.3) is 0 Å². The Bertz CT molecular complexity index is 959. The van der Waals surface area contributed by atoms with Crippen molar-refractivity contribution >= 4 is 5.91 Å². The Morgan fingerprint density at radius 3 is 2.82 bits per heavy atom. The molecule has 0 saturated carbocycles.